The topological polar surface area (TPSA) is 35.5 Å². The molecule has 4 heteroatoms. The number of aryl methyl sites for hydroxylation is 1. The van der Waals surface area contributed by atoms with Gasteiger partial charge in [0.05, 0.1) is 23.7 Å². The summed E-state index contributed by atoms with van der Waals surface area (Å²) in [6, 6.07) is 15.5. The molecule has 1 aliphatic heterocycles. The summed E-state index contributed by atoms with van der Waals surface area (Å²) in [5.74, 6) is 2.24. The molecule has 0 radical (unpaired) electrons. The maximum atomic E-state index is 12.4. The Kier molecular flexibility index (Phi) is 4.25. The van der Waals surface area contributed by atoms with E-state index in [9.17, 15) is 4.21 Å². The number of ether oxygens (including phenoxy) is 2. The van der Waals surface area contributed by atoms with Gasteiger partial charge in [-0.2, -0.15) is 0 Å². The van der Waals surface area contributed by atoms with Crippen molar-refractivity contribution in [2.24, 2.45) is 0 Å². The molecule has 2 aromatic carbocycles. The lowest BCUT2D eigenvalue weighted by Crippen LogP contribution is -2.28. The van der Waals surface area contributed by atoms with Crippen LogP contribution in [0.2, 0.25) is 0 Å². The third-order valence-electron chi connectivity index (χ3n) is 3.66. The number of rotatable bonds is 4. The number of para-hydroxylation sites is 1. The SMILES string of the molecule is COc1ccc([S@](=O)C[C@H]2CCc3ccccc3O2)cc1. The number of benzene rings is 2. The Hall–Kier alpha value is -1.81. The summed E-state index contributed by atoms with van der Waals surface area (Å²) in [6.07, 6.45) is 1.92. The van der Waals surface area contributed by atoms with E-state index in [1.807, 2.05) is 42.5 Å². The largest absolute Gasteiger partial charge is 0.497 e. The molecule has 0 unspecified atom stereocenters. The van der Waals surface area contributed by atoms with Crippen molar-refractivity contribution in [2.45, 2.75) is 23.8 Å². The van der Waals surface area contributed by atoms with Crippen LogP contribution in [0, 0.1) is 0 Å². The van der Waals surface area contributed by atoms with Crippen molar-refractivity contribution in [2.75, 3.05) is 12.9 Å². The Morgan fingerprint density at radius 3 is 2.71 bits per heavy atom. The monoisotopic (exact) mass is 302 g/mol. The zero-order valence-corrected chi connectivity index (χ0v) is 12.8. The van der Waals surface area contributed by atoms with Crippen LogP contribution in [0.5, 0.6) is 11.5 Å². The zero-order chi connectivity index (χ0) is 14.7. The molecule has 1 aliphatic rings. The van der Waals surface area contributed by atoms with Crippen molar-refractivity contribution in [3.05, 3.63) is 54.1 Å². The Balaban J connectivity index is 1.65. The Labute approximate surface area is 127 Å². The average Bonchev–Trinajstić information content (AvgIpc) is 2.55. The van der Waals surface area contributed by atoms with Crippen LogP contribution in [0.25, 0.3) is 0 Å². The van der Waals surface area contributed by atoms with Crippen LogP contribution in [0.3, 0.4) is 0 Å². The van der Waals surface area contributed by atoms with E-state index in [1.165, 1.54) is 5.56 Å². The molecule has 3 nitrogen and oxygen atoms in total. The van der Waals surface area contributed by atoms with Gasteiger partial charge in [-0.3, -0.25) is 4.21 Å². The summed E-state index contributed by atoms with van der Waals surface area (Å²) in [7, 11) is 0.576. The number of hydrogen-bond donors (Lipinski definition) is 0. The van der Waals surface area contributed by atoms with Crippen LogP contribution in [-0.2, 0) is 17.2 Å². The predicted molar refractivity (Wildman–Crippen MR) is 83.4 cm³/mol. The van der Waals surface area contributed by atoms with E-state index in [0.717, 1.165) is 29.2 Å². The smallest absolute Gasteiger partial charge is 0.122 e. The average molecular weight is 302 g/mol. The molecular formula is C17H18O3S. The van der Waals surface area contributed by atoms with Crippen LogP contribution in [0.1, 0.15) is 12.0 Å². The lowest BCUT2D eigenvalue weighted by Gasteiger charge is -2.25. The summed E-state index contributed by atoms with van der Waals surface area (Å²) >= 11 is 0. The van der Waals surface area contributed by atoms with Gasteiger partial charge in [-0.25, -0.2) is 0 Å². The van der Waals surface area contributed by atoms with Gasteiger partial charge in [-0.1, -0.05) is 18.2 Å². The minimum Gasteiger partial charge on any atom is -0.497 e. The predicted octanol–water partition coefficient (Wildman–Crippen LogP) is 3.20. The maximum Gasteiger partial charge on any atom is 0.122 e. The fourth-order valence-corrected chi connectivity index (χ4v) is 3.69. The molecule has 21 heavy (non-hydrogen) atoms. The fraction of sp³-hybridized carbons (Fsp3) is 0.294. The molecular weight excluding hydrogens is 284 g/mol. The molecule has 0 N–H and O–H groups in total. The van der Waals surface area contributed by atoms with Gasteiger partial charge in [0.2, 0.25) is 0 Å². The van der Waals surface area contributed by atoms with E-state index < -0.39 is 10.8 Å². The Morgan fingerprint density at radius 1 is 1.19 bits per heavy atom. The molecule has 0 spiro atoms. The van der Waals surface area contributed by atoms with Crippen LogP contribution in [-0.4, -0.2) is 23.2 Å². The van der Waals surface area contributed by atoms with Crippen LogP contribution < -0.4 is 9.47 Å². The number of methoxy groups -OCH3 is 1. The molecule has 2 aromatic rings. The molecule has 1 heterocycles. The Morgan fingerprint density at radius 2 is 1.95 bits per heavy atom. The standard InChI is InChI=1S/C17H18O3S/c1-19-14-8-10-16(11-9-14)21(18)12-15-7-6-13-4-2-3-5-17(13)20-15/h2-5,8-11,15H,6-7,12H2,1H3/t15-,21-/m1/s1. The first-order chi connectivity index (χ1) is 10.3. The molecule has 0 fully saturated rings. The van der Waals surface area contributed by atoms with E-state index in [1.54, 1.807) is 7.11 Å². The van der Waals surface area contributed by atoms with E-state index in [-0.39, 0.29) is 6.10 Å². The van der Waals surface area contributed by atoms with Crippen molar-refractivity contribution in [1.82, 2.24) is 0 Å². The van der Waals surface area contributed by atoms with Gasteiger partial charge in [0.15, 0.2) is 0 Å². The highest BCUT2D eigenvalue weighted by atomic mass is 32.2. The van der Waals surface area contributed by atoms with Crippen LogP contribution in [0.15, 0.2) is 53.4 Å². The van der Waals surface area contributed by atoms with Crippen molar-refractivity contribution < 1.29 is 13.7 Å². The molecule has 110 valence electrons. The first kappa shape index (κ1) is 14.1. The lowest BCUT2D eigenvalue weighted by atomic mass is 10.0. The van der Waals surface area contributed by atoms with Crippen LogP contribution >= 0.6 is 0 Å². The van der Waals surface area contributed by atoms with Gasteiger partial charge in [-0.15, -0.1) is 0 Å². The minimum atomic E-state index is -1.05. The lowest BCUT2D eigenvalue weighted by molar-refractivity contribution is 0.196. The van der Waals surface area contributed by atoms with E-state index in [0.29, 0.717) is 5.75 Å². The highest BCUT2D eigenvalue weighted by Gasteiger charge is 2.21. The third kappa shape index (κ3) is 3.27. The van der Waals surface area contributed by atoms with E-state index in [2.05, 4.69) is 6.07 Å². The summed E-state index contributed by atoms with van der Waals surface area (Å²) in [4.78, 5) is 0.818. The second-order valence-corrected chi connectivity index (χ2v) is 6.57. The van der Waals surface area contributed by atoms with Crippen molar-refractivity contribution in [1.29, 1.82) is 0 Å². The molecule has 2 atom stereocenters. The van der Waals surface area contributed by atoms with Crippen molar-refractivity contribution in [3.8, 4) is 11.5 Å². The Bertz CT molecular complexity index is 637. The van der Waals surface area contributed by atoms with Crippen molar-refractivity contribution in [3.63, 3.8) is 0 Å². The van der Waals surface area contributed by atoms with E-state index in [4.69, 9.17) is 9.47 Å². The van der Waals surface area contributed by atoms with Gasteiger partial charge in [0.1, 0.15) is 17.6 Å². The highest BCUT2D eigenvalue weighted by Crippen LogP contribution is 2.28. The second-order valence-electron chi connectivity index (χ2n) is 5.07. The zero-order valence-electron chi connectivity index (χ0n) is 12.0. The van der Waals surface area contributed by atoms with Gasteiger partial charge in [0, 0.05) is 4.90 Å². The number of hydrogen-bond acceptors (Lipinski definition) is 3. The van der Waals surface area contributed by atoms with Crippen LogP contribution in [0.4, 0.5) is 0 Å². The quantitative estimate of drug-likeness (QED) is 0.870. The summed E-state index contributed by atoms with van der Waals surface area (Å²) in [5, 5.41) is 0. The first-order valence-corrected chi connectivity index (χ1v) is 8.35. The molecule has 3 rings (SSSR count). The first-order valence-electron chi connectivity index (χ1n) is 7.03. The summed E-state index contributed by atoms with van der Waals surface area (Å²) < 4.78 is 23.5. The molecule has 0 aliphatic carbocycles. The second kappa shape index (κ2) is 6.31. The maximum absolute atomic E-state index is 12.4. The number of fused-ring (bicyclic) bond motifs is 1. The molecule has 0 saturated heterocycles. The van der Waals surface area contributed by atoms with Crippen molar-refractivity contribution >= 4 is 10.8 Å². The normalized spacial score (nSPS) is 18.4. The van der Waals surface area contributed by atoms with Gasteiger partial charge in [-0.05, 0) is 48.7 Å². The molecule has 0 aromatic heterocycles. The van der Waals surface area contributed by atoms with E-state index >= 15 is 0 Å². The third-order valence-corrected chi connectivity index (χ3v) is 5.13. The fourth-order valence-electron chi connectivity index (χ4n) is 2.49. The minimum absolute atomic E-state index is 0.0165. The van der Waals surface area contributed by atoms with Gasteiger partial charge < -0.3 is 9.47 Å². The summed E-state index contributed by atoms with van der Waals surface area (Å²) in [6.45, 7) is 0. The van der Waals surface area contributed by atoms with Gasteiger partial charge >= 0.3 is 0 Å². The van der Waals surface area contributed by atoms with Gasteiger partial charge in [0.25, 0.3) is 0 Å². The summed E-state index contributed by atoms with van der Waals surface area (Å²) in [5.41, 5.74) is 1.24. The highest BCUT2D eigenvalue weighted by molar-refractivity contribution is 7.85. The molecule has 0 bridgehead atoms. The molecule has 0 amide bonds. The molecule has 0 saturated carbocycles.